The Balaban J connectivity index is 2.27. The van der Waals surface area contributed by atoms with E-state index in [-0.39, 0.29) is 0 Å². The van der Waals surface area contributed by atoms with Gasteiger partial charge >= 0.3 is 0 Å². The molecule has 2 N–H and O–H groups in total. The molecule has 1 aromatic rings. The lowest BCUT2D eigenvalue weighted by atomic mass is 10.1. The van der Waals surface area contributed by atoms with Crippen molar-refractivity contribution < 1.29 is 4.84 Å². The molecule has 2 rings (SSSR count). The largest absolute Gasteiger partial charge is 0.374 e. The van der Waals surface area contributed by atoms with Crippen molar-refractivity contribution in [2.24, 2.45) is 5.90 Å². The highest BCUT2D eigenvalue weighted by Crippen LogP contribution is 2.30. The summed E-state index contributed by atoms with van der Waals surface area (Å²) in [6.07, 6.45) is 2.05. The number of nitrogens with zero attached hydrogens (tertiary/aromatic N) is 1. The maximum atomic E-state index is 5.04. The number of hydrogen-bond acceptors (Lipinski definition) is 3. The number of hydrogen-bond donors (Lipinski definition) is 1. The molecule has 0 unspecified atom stereocenters. The molecule has 0 saturated carbocycles. The average molecular weight is 192 g/mol. The Hall–Kier alpha value is -1.06. The Morgan fingerprint density at radius 2 is 2.36 bits per heavy atom. The molecule has 1 aliphatic rings. The minimum Gasteiger partial charge on any atom is -0.374 e. The lowest BCUT2D eigenvalue weighted by Gasteiger charge is -2.16. The first-order valence-electron chi connectivity index (χ1n) is 4.96. The third-order valence-electron chi connectivity index (χ3n) is 2.79. The minimum absolute atomic E-state index is 0.588. The predicted octanol–water partition coefficient (Wildman–Crippen LogP) is 1.11. The fourth-order valence-electron chi connectivity index (χ4n) is 2.11. The molecule has 0 aromatic heterocycles. The van der Waals surface area contributed by atoms with E-state index in [1.165, 1.54) is 16.8 Å². The van der Waals surface area contributed by atoms with Crippen LogP contribution in [-0.4, -0.2) is 20.2 Å². The van der Waals surface area contributed by atoms with E-state index in [2.05, 4.69) is 35.0 Å². The summed E-state index contributed by atoms with van der Waals surface area (Å²) in [5.74, 6) is 5.04. The quantitative estimate of drug-likeness (QED) is 0.729. The normalized spacial score (nSPS) is 14.6. The molecule has 0 radical (unpaired) electrons. The number of benzene rings is 1. The molecular weight excluding hydrogens is 176 g/mol. The Morgan fingerprint density at radius 3 is 3.14 bits per heavy atom. The molecule has 76 valence electrons. The van der Waals surface area contributed by atoms with Crippen LogP contribution < -0.4 is 10.8 Å². The average Bonchev–Trinajstić information content (AvgIpc) is 2.58. The molecule has 0 atom stereocenters. The summed E-state index contributed by atoms with van der Waals surface area (Å²) >= 11 is 0. The SMILES string of the molecule is CN1CCc2cccc(CCON)c21. The minimum atomic E-state index is 0.588. The Kier molecular flexibility index (Phi) is 2.70. The lowest BCUT2D eigenvalue weighted by molar-refractivity contribution is 0.141. The van der Waals surface area contributed by atoms with E-state index in [4.69, 9.17) is 5.90 Å². The van der Waals surface area contributed by atoms with Crippen molar-refractivity contribution in [3.63, 3.8) is 0 Å². The second-order valence-corrected chi connectivity index (χ2v) is 3.72. The molecule has 0 spiro atoms. The molecule has 0 saturated heterocycles. The molecule has 1 aromatic carbocycles. The van der Waals surface area contributed by atoms with Crippen molar-refractivity contribution >= 4 is 5.69 Å². The van der Waals surface area contributed by atoms with Gasteiger partial charge in [0.2, 0.25) is 0 Å². The van der Waals surface area contributed by atoms with Crippen LogP contribution in [0.3, 0.4) is 0 Å². The van der Waals surface area contributed by atoms with Crippen molar-refractivity contribution in [2.75, 3.05) is 25.1 Å². The predicted molar refractivity (Wildman–Crippen MR) is 57.3 cm³/mol. The standard InChI is InChI=1S/C11H16N2O/c1-13-7-5-9-3-2-4-10(11(9)13)6-8-14-12/h2-4H,5-8,12H2,1H3. The Labute approximate surface area is 84.4 Å². The van der Waals surface area contributed by atoms with Gasteiger partial charge in [0.1, 0.15) is 0 Å². The molecule has 0 fully saturated rings. The highest BCUT2D eigenvalue weighted by Gasteiger charge is 2.18. The van der Waals surface area contributed by atoms with E-state index in [1.807, 2.05) is 0 Å². The molecule has 0 bridgehead atoms. The first-order valence-corrected chi connectivity index (χ1v) is 4.96. The zero-order chi connectivity index (χ0) is 9.97. The summed E-state index contributed by atoms with van der Waals surface area (Å²) in [7, 11) is 2.14. The van der Waals surface area contributed by atoms with Crippen molar-refractivity contribution in [1.29, 1.82) is 0 Å². The zero-order valence-corrected chi connectivity index (χ0v) is 8.49. The van der Waals surface area contributed by atoms with E-state index in [9.17, 15) is 0 Å². The van der Waals surface area contributed by atoms with Crippen molar-refractivity contribution in [3.8, 4) is 0 Å². The smallest absolute Gasteiger partial charge is 0.0720 e. The summed E-state index contributed by atoms with van der Waals surface area (Å²) in [6, 6.07) is 6.47. The van der Waals surface area contributed by atoms with Gasteiger partial charge in [-0.1, -0.05) is 18.2 Å². The summed E-state index contributed by atoms with van der Waals surface area (Å²) in [4.78, 5) is 6.93. The maximum absolute atomic E-state index is 5.04. The van der Waals surface area contributed by atoms with E-state index < -0.39 is 0 Å². The van der Waals surface area contributed by atoms with Crippen LogP contribution in [0.1, 0.15) is 11.1 Å². The van der Waals surface area contributed by atoms with E-state index >= 15 is 0 Å². The second kappa shape index (κ2) is 3.98. The monoisotopic (exact) mass is 192 g/mol. The van der Waals surface area contributed by atoms with Crippen LogP contribution in [0.15, 0.2) is 18.2 Å². The summed E-state index contributed by atoms with van der Waals surface area (Å²) in [5.41, 5.74) is 4.17. The van der Waals surface area contributed by atoms with Crippen LogP contribution in [-0.2, 0) is 17.7 Å². The number of rotatable bonds is 3. The fraction of sp³-hybridized carbons (Fsp3) is 0.455. The van der Waals surface area contributed by atoms with Gasteiger partial charge in [0.05, 0.1) is 6.61 Å². The van der Waals surface area contributed by atoms with Gasteiger partial charge < -0.3 is 9.74 Å². The van der Waals surface area contributed by atoms with E-state index in [0.717, 1.165) is 19.4 Å². The summed E-state index contributed by atoms with van der Waals surface area (Å²) in [5, 5.41) is 0. The second-order valence-electron chi connectivity index (χ2n) is 3.72. The molecule has 1 aliphatic heterocycles. The molecule has 0 aliphatic carbocycles. The van der Waals surface area contributed by atoms with Crippen molar-refractivity contribution in [1.82, 2.24) is 0 Å². The summed E-state index contributed by atoms with van der Waals surface area (Å²) < 4.78 is 0. The van der Waals surface area contributed by atoms with Gasteiger partial charge in [-0.15, -0.1) is 0 Å². The van der Waals surface area contributed by atoms with Gasteiger partial charge in [-0.3, -0.25) is 0 Å². The molecule has 3 nitrogen and oxygen atoms in total. The first kappa shape index (κ1) is 9.49. The van der Waals surface area contributed by atoms with Crippen LogP contribution in [0.2, 0.25) is 0 Å². The van der Waals surface area contributed by atoms with Gasteiger partial charge in [-0.2, -0.15) is 0 Å². The van der Waals surface area contributed by atoms with Gasteiger partial charge in [0.15, 0.2) is 0 Å². The number of nitrogens with two attached hydrogens (primary N) is 1. The number of likely N-dealkylation sites (N-methyl/N-ethyl adjacent to an activating group) is 1. The van der Waals surface area contributed by atoms with E-state index in [0.29, 0.717) is 6.61 Å². The zero-order valence-electron chi connectivity index (χ0n) is 8.49. The highest BCUT2D eigenvalue weighted by molar-refractivity contribution is 5.62. The molecule has 0 amide bonds. The van der Waals surface area contributed by atoms with Gasteiger partial charge in [-0.25, -0.2) is 5.90 Å². The highest BCUT2D eigenvalue weighted by atomic mass is 16.6. The number of para-hydroxylation sites is 1. The topological polar surface area (TPSA) is 38.5 Å². The van der Waals surface area contributed by atoms with Crippen LogP contribution in [0.25, 0.3) is 0 Å². The van der Waals surface area contributed by atoms with Crippen molar-refractivity contribution in [3.05, 3.63) is 29.3 Å². The fourth-order valence-corrected chi connectivity index (χ4v) is 2.11. The third kappa shape index (κ3) is 1.61. The summed E-state index contributed by atoms with van der Waals surface area (Å²) in [6.45, 7) is 1.71. The molecule has 14 heavy (non-hydrogen) atoms. The third-order valence-corrected chi connectivity index (χ3v) is 2.79. The van der Waals surface area contributed by atoms with E-state index in [1.54, 1.807) is 0 Å². The molecule has 3 heteroatoms. The molecule has 1 heterocycles. The molecular formula is C11H16N2O. The Bertz CT molecular complexity index is 325. The van der Waals surface area contributed by atoms with Crippen LogP contribution in [0.5, 0.6) is 0 Å². The Morgan fingerprint density at radius 1 is 1.50 bits per heavy atom. The first-order chi connectivity index (χ1) is 6.83. The van der Waals surface area contributed by atoms with Gasteiger partial charge in [0, 0.05) is 19.3 Å². The number of anilines is 1. The van der Waals surface area contributed by atoms with Gasteiger partial charge in [-0.05, 0) is 24.0 Å². The van der Waals surface area contributed by atoms with Crippen LogP contribution in [0.4, 0.5) is 5.69 Å². The van der Waals surface area contributed by atoms with Gasteiger partial charge in [0.25, 0.3) is 0 Å². The van der Waals surface area contributed by atoms with Crippen LogP contribution in [0, 0.1) is 0 Å². The number of fused-ring (bicyclic) bond motifs is 1. The lowest BCUT2D eigenvalue weighted by Crippen LogP contribution is -2.15. The van der Waals surface area contributed by atoms with Crippen molar-refractivity contribution in [2.45, 2.75) is 12.8 Å². The maximum Gasteiger partial charge on any atom is 0.0720 e. The van der Waals surface area contributed by atoms with Crippen LogP contribution >= 0.6 is 0 Å².